The molecular formula is C9H16O4. The number of ether oxygens (including phenoxy) is 3. The van der Waals surface area contributed by atoms with Crippen molar-refractivity contribution in [2.45, 2.75) is 37.8 Å². The molecule has 2 saturated heterocycles. The molecule has 0 radical (unpaired) electrons. The lowest BCUT2D eigenvalue weighted by Crippen LogP contribution is -2.45. The van der Waals surface area contributed by atoms with E-state index in [1.165, 1.54) is 0 Å². The smallest absolute Gasteiger partial charge is 0.143 e. The van der Waals surface area contributed by atoms with Crippen LogP contribution in [0.2, 0.25) is 0 Å². The van der Waals surface area contributed by atoms with Crippen molar-refractivity contribution in [2.24, 2.45) is 0 Å². The summed E-state index contributed by atoms with van der Waals surface area (Å²) >= 11 is 0. The summed E-state index contributed by atoms with van der Waals surface area (Å²) in [7, 11) is 0. The van der Waals surface area contributed by atoms with Gasteiger partial charge in [0.1, 0.15) is 17.8 Å². The Balaban J connectivity index is 2.16. The zero-order valence-corrected chi connectivity index (χ0v) is 8.03. The van der Waals surface area contributed by atoms with Gasteiger partial charge in [-0.25, -0.2) is 0 Å². The number of aliphatic hydroxyl groups is 1. The number of fused-ring (bicyclic) bond motifs is 2. The number of rotatable bonds is 3. The second-order valence-corrected chi connectivity index (χ2v) is 3.70. The normalized spacial score (nSPS) is 48.7. The van der Waals surface area contributed by atoms with Crippen LogP contribution in [0.4, 0.5) is 0 Å². The molecule has 0 amide bonds. The minimum absolute atomic E-state index is 0.00731. The summed E-state index contributed by atoms with van der Waals surface area (Å²) in [6, 6.07) is 0. The standard InChI is InChI=1S/C9H16O4/c1-3-11-8-7-6(2)13-9(8,4-10)5-12-7/h6-8,10H,3-5H2,1-2H3. The highest BCUT2D eigenvalue weighted by molar-refractivity contribution is 5.07. The van der Waals surface area contributed by atoms with Gasteiger partial charge in [-0.2, -0.15) is 0 Å². The third kappa shape index (κ3) is 1.21. The molecule has 2 fully saturated rings. The van der Waals surface area contributed by atoms with Crippen LogP contribution < -0.4 is 0 Å². The maximum Gasteiger partial charge on any atom is 0.143 e. The van der Waals surface area contributed by atoms with E-state index in [-0.39, 0.29) is 24.9 Å². The van der Waals surface area contributed by atoms with Gasteiger partial charge in [0, 0.05) is 6.61 Å². The van der Waals surface area contributed by atoms with Gasteiger partial charge >= 0.3 is 0 Å². The van der Waals surface area contributed by atoms with Gasteiger partial charge in [-0.15, -0.1) is 0 Å². The van der Waals surface area contributed by atoms with Crippen molar-refractivity contribution in [3.05, 3.63) is 0 Å². The van der Waals surface area contributed by atoms with Crippen LogP contribution in [0.1, 0.15) is 13.8 Å². The third-order valence-electron chi connectivity index (χ3n) is 2.83. The first-order valence-corrected chi connectivity index (χ1v) is 4.75. The van der Waals surface area contributed by atoms with E-state index in [4.69, 9.17) is 14.2 Å². The topological polar surface area (TPSA) is 47.9 Å². The van der Waals surface area contributed by atoms with Crippen LogP contribution in [-0.4, -0.2) is 48.8 Å². The Hall–Kier alpha value is -0.160. The first-order chi connectivity index (χ1) is 6.23. The predicted molar refractivity (Wildman–Crippen MR) is 45.5 cm³/mol. The molecule has 4 heteroatoms. The summed E-state index contributed by atoms with van der Waals surface area (Å²) in [5.41, 5.74) is -0.597. The highest BCUT2D eigenvalue weighted by Gasteiger charge is 2.60. The Morgan fingerprint density at radius 2 is 2.38 bits per heavy atom. The number of hydrogen-bond donors (Lipinski definition) is 1. The summed E-state index contributed by atoms with van der Waals surface area (Å²) in [6.07, 6.45) is -0.0814. The summed E-state index contributed by atoms with van der Waals surface area (Å²) in [5.74, 6) is 0. The van der Waals surface area contributed by atoms with E-state index in [0.29, 0.717) is 13.2 Å². The van der Waals surface area contributed by atoms with Gasteiger partial charge < -0.3 is 19.3 Å². The molecule has 0 saturated carbocycles. The molecule has 0 aliphatic carbocycles. The number of aliphatic hydroxyl groups excluding tert-OH is 1. The van der Waals surface area contributed by atoms with Crippen LogP contribution >= 0.6 is 0 Å². The molecule has 4 atom stereocenters. The summed E-state index contributed by atoms with van der Waals surface area (Å²) in [6.45, 7) is 4.94. The van der Waals surface area contributed by atoms with Gasteiger partial charge in [0.05, 0.1) is 19.3 Å². The molecule has 13 heavy (non-hydrogen) atoms. The summed E-state index contributed by atoms with van der Waals surface area (Å²) in [4.78, 5) is 0. The van der Waals surface area contributed by atoms with Crippen molar-refractivity contribution >= 4 is 0 Å². The molecule has 0 spiro atoms. The van der Waals surface area contributed by atoms with Crippen LogP contribution in [0.15, 0.2) is 0 Å². The molecule has 0 aromatic carbocycles. The molecule has 2 aliphatic heterocycles. The summed E-state index contributed by atoms with van der Waals surface area (Å²) < 4.78 is 16.7. The number of hydrogen-bond acceptors (Lipinski definition) is 4. The molecule has 4 nitrogen and oxygen atoms in total. The highest BCUT2D eigenvalue weighted by Crippen LogP contribution is 2.41. The van der Waals surface area contributed by atoms with Crippen LogP contribution in [0.3, 0.4) is 0 Å². The fraction of sp³-hybridized carbons (Fsp3) is 1.00. The lowest BCUT2D eigenvalue weighted by molar-refractivity contribution is -0.157. The lowest BCUT2D eigenvalue weighted by atomic mass is 10.00. The van der Waals surface area contributed by atoms with Gasteiger partial charge in [0.2, 0.25) is 0 Å². The Kier molecular flexibility index (Phi) is 2.32. The van der Waals surface area contributed by atoms with E-state index < -0.39 is 5.60 Å². The van der Waals surface area contributed by atoms with Crippen molar-refractivity contribution in [1.29, 1.82) is 0 Å². The molecular weight excluding hydrogens is 172 g/mol. The predicted octanol–water partition coefficient (Wildman–Crippen LogP) is -0.0599. The molecule has 4 unspecified atom stereocenters. The van der Waals surface area contributed by atoms with Crippen LogP contribution in [0, 0.1) is 0 Å². The van der Waals surface area contributed by atoms with E-state index >= 15 is 0 Å². The van der Waals surface area contributed by atoms with Crippen molar-refractivity contribution in [3.8, 4) is 0 Å². The molecule has 2 rings (SSSR count). The summed E-state index contributed by atoms with van der Waals surface area (Å²) in [5, 5.41) is 9.27. The molecule has 2 aliphatic rings. The molecule has 2 heterocycles. The Bertz CT molecular complexity index is 196. The van der Waals surface area contributed by atoms with E-state index in [2.05, 4.69) is 0 Å². The van der Waals surface area contributed by atoms with Gasteiger partial charge in [-0.1, -0.05) is 0 Å². The second-order valence-electron chi connectivity index (χ2n) is 3.70. The largest absolute Gasteiger partial charge is 0.393 e. The van der Waals surface area contributed by atoms with Crippen LogP contribution in [-0.2, 0) is 14.2 Å². The van der Waals surface area contributed by atoms with E-state index in [0.717, 1.165) is 0 Å². The van der Waals surface area contributed by atoms with E-state index in [1.807, 2.05) is 13.8 Å². The van der Waals surface area contributed by atoms with Crippen molar-refractivity contribution < 1.29 is 19.3 Å². The molecule has 76 valence electrons. The van der Waals surface area contributed by atoms with Gasteiger partial charge in [-0.05, 0) is 13.8 Å². The Morgan fingerprint density at radius 1 is 1.62 bits per heavy atom. The molecule has 0 aromatic heterocycles. The minimum atomic E-state index is -0.597. The Labute approximate surface area is 77.8 Å². The zero-order valence-electron chi connectivity index (χ0n) is 8.03. The molecule has 0 aromatic rings. The maximum atomic E-state index is 9.27. The fourth-order valence-electron chi connectivity index (χ4n) is 2.23. The average Bonchev–Trinajstić information content (AvgIpc) is 2.59. The molecule has 1 N–H and O–H groups in total. The second kappa shape index (κ2) is 3.20. The van der Waals surface area contributed by atoms with Gasteiger partial charge in [-0.3, -0.25) is 0 Å². The lowest BCUT2D eigenvalue weighted by Gasteiger charge is -2.28. The fourth-order valence-corrected chi connectivity index (χ4v) is 2.23. The SMILES string of the molecule is CCOC1C2OCC1(CO)OC2C. The maximum absolute atomic E-state index is 9.27. The zero-order chi connectivity index (χ0) is 9.47. The first-order valence-electron chi connectivity index (χ1n) is 4.75. The monoisotopic (exact) mass is 188 g/mol. The van der Waals surface area contributed by atoms with Gasteiger partial charge in [0.15, 0.2) is 0 Å². The molecule has 2 bridgehead atoms. The average molecular weight is 188 g/mol. The van der Waals surface area contributed by atoms with Crippen molar-refractivity contribution in [2.75, 3.05) is 19.8 Å². The van der Waals surface area contributed by atoms with Gasteiger partial charge in [0.25, 0.3) is 0 Å². The quantitative estimate of drug-likeness (QED) is 0.674. The highest BCUT2D eigenvalue weighted by atomic mass is 16.7. The van der Waals surface area contributed by atoms with Crippen LogP contribution in [0.5, 0.6) is 0 Å². The van der Waals surface area contributed by atoms with Crippen molar-refractivity contribution in [1.82, 2.24) is 0 Å². The first kappa shape index (κ1) is 9.40. The third-order valence-corrected chi connectivity index (χ3v) is 2.83. The van der Waals surface area contributed by atoms with Crippen LogP contribution in [0.25, 0.3) is 0 Å². The Morgan fingerprint density at radius 3 is 2.92 bits per heavy atom. The minimum Gasteiger partial charge on any atom is -0.393 e. The van der Waals surface area contributed by atoms with E-state index in [1.54, 1.807) is 0 Å². The van der Waals surface area contributed by atoms with E-state index in [9.17, 15) is 5.11 Å². The van der Waals surface area contributed by atoms with Crippen molar-refractivity contribution in [3.63, 3.8) is 0 Å².